The fourth-order valence-corrected chi connectivity index (χ4v) is 4.96. The van der Waals surface area contributed by atoms with E-state index in [1.54, 1.807) is 26.8 Å². The van der Waals surface area contributed by atoms with Crippen molar-refractivity contribution >= 4 is 33.9 Å². The van der Waals surface area contributed by atoms with Crippen molar-refractivity contribution in [2.45, 2.75) is 56.7 Å². The van der Waals surface area contributed by atoms with Gasteiger partial charge in [-0.25, -0.2) is 13.1 Å². The molecule has 0 aliphatic heterocycles. The van der Waals surface area contributed by atoms with E-state index in [4.69, 9.17) is 0 Å². The zero-order valence-corrected chi connectivity index (χ0v) is 13.9. The Bertz CT molecular complexity index is 546. The van der Waals surface area contributed by atoms with E-state index in [2.05, 4.69) is 4.72 Å². The van der Waals surface area contributed by atoms with Gasteiger partial charge in [0.1, 0.15) is 4.21 Å². The van der Waals surface area contributed by atoms with Crippen LogP contribution in [-0.4, -0.2) is 31.1 Å². The van der Waals surface area contributed by atoms with Gasteiger partial charge in [0.25, 0.3) is 0 Å². The Morgan fingerprint density at radius 1 is 1.35 bits per heavy atom. The first-order valence-corrected chi connectivity index (χ1v) is 8.89. The molecular formula is C12H22BNO4S2. The molecule has 0 atom stereocenters. The van der Waals surface area contributed by atoms with Gasteiger partial charge in [-0.05, 0) is 39.7 Å². The lowest BCUT2D eigenvalue weighted by atomic mass is 9.82. The smallest absolute Gasteiger partial charge is 0.423 e. The molecule has 0 aliphatic rings. The molecule has 0 unspecified atom stereocenters. The number of rotatable bonds is 6. The standard InChI is InChI=1S/C12H22BNO4S2/c1-5-6-7-9-8-10(13(15)16)11(19-9)20(17,18)14-12(2,3)4/h8,14-16H,5-7H2,1-4H3. The van der Waals surface area contributed by atoms with Gasteiger partial charge in [0.05, 0.1) is 0 Å². The van der Waals surface area contributed by atoms with Gasteiger partial charge in [-0.15, -0.1) is 11.3 Å². The monoisotopic (exact) mass is 319 g/mol. The summed E-state index contributed by atoms with van der Waals surface area (Å²) in [6.07, 6.45) is 2.68. The molecule has 3 N–H and O–H groups in total. The number of nitrogens with one attached hydrogen (secondary N) is 1. The van der Waals surface area contributed by atoms with Crippen LogP contribution in [0.5, 0.6) is 0 Å². The quantitative estimate of drug-likeness (QED) is 0.679. The summed E-state index contributed by atoms with van der Waals surface area (Å²) in [4.78, 5) is 0.851. The van der Waals surface area contributed by atoms with Crippen molar-refractivity contribution in [3.8, 4) is 0 Å². The summed E-state index contributed by atoms with van der Waals surface area (Å²) in [7, 11) is -5.53. The summed E-state index contributed by atoms with van der Waals surface area (Å²) >= 11 is 1.10. The number of hydrogen-bond donors (Lipinski definition) is 3. The molecule has 0 saturated carbocycles. The van der Waals surface area contributed by atoms with E-state index >= 15 is 0 Å². The molecule has 20 heavy (non-hydrogen) atoms. The molecule has 0 spiro atoms. The molecule has 0 aliphatic carbocycles. The third kappa shape index (κ3) is 4.85. The van der Waals surface area contributed by atoms with Gasteiger partial charge in [0, 0.05) is 15.9 Å². The predicted molar refractivity (Wildman–Crippen MR) is 82.8 cm³/mol. The highest BCUT2D eigenvalue weighted by Crippen LogP contribution is 2.23. The molecular weight excluding hydrogens is 297 g/mol. The maximum atomic E-state index is 12.3. The van der Waals surface area contributed by atoms with Crippen LogP contribution >= 0.6 is 11.3 Å². The van der Waals surface area contributed by atoms with Crippen LogP contribution in [0.4, 0.5) is 0 Å². The van der Waals surface area contributed by atoms with E-state index in [-0.39, 0.29) is 9.67 Å². The SMILES string of the molecule is CCCCc1cc(B(O)O)c(S(=O)(=O)NC(C)(C)C)s1. The Balaban J connectivity index is 3.18. The van der Waals surface area contributed by atoms with Gasteiger partial charge in [-0.1, -0.05) is 13.3 Å². The zero-order valence-electron chi connectivity index (χ0n) is 12.3. The average Bonchev–Trinajstić information content (AvgIpc) is 2.67. The first-order valence-electron chi connectivity index (χ1n) is 6.59. The molecule has 0 aromatic carbocycles. The van der Waals surface area contributed by atoms with Gasteiger partial charge in [0.15, 0.2) is 0 Å². The molecule has 1 aromatic rings. The van der Waals surface area contributed by atoms with Crippen LogP contribution in [-0.2, 0) is 16.4 Å². The van der Waals surface area contributed by atoms with Gasteiger partial charge in [-0.3, -0.25) is 0 Å². The van der Waals surface area contributed by atoms with Gasteiger partial charge in [-0.2, -0.15) is 0 Å². The van der Waals surface area contributed by atoms with Gasteiger partial charge < -0.3 is 10.0 Å². The van der Waals surface area contributed by atoms with Crippen LogP contribution in [0.3, 0.4) is 0 Å². The second kappa shape index (κ2) is 6.57. The summed E-state index contributed by atoms with van der Waals surface area (Å²) in [6, 6.07) is 1.57. The molecule has 0 amide bonds. The summed E-state index contributed by atoms with van der Waals surface area (Å²) in [5, 5.41) is 18.7. The highest BCUT2D eigenvalue weighted by molar-refractivity contribution is 7.92. The van der Waals surface area contributed by atoms with Crippen LogP contribution in [0.25, 0.3) is 0 Å². The van der Waals surface area contributed by atoms with Crippen molar-refractivity contribution in [1.29, 1.82) is 0 Å². The maximum Gasteiger partial charge on any atom is 0.490 e. The maximum absolute atomic E-state index is 12.3. The summed E-state index contributed by atoms with van der Waals surface area (Å²) < 4.78 is 27.2. The molecule has 1 rings (SSSR count). The van der Waals surface area contributed by atoms with E-state index in [1.165, 1.54) is 0 Å². The normalized spacial score (nSPS) is 12.7. The van der Waals surface area contributed by atoms with E-state index in [1.807, 2.05) is 6.92 Å². The molecule has 0 fully saturated rings. The second-order valence-corrected chi connectivity index (χ2v) is 8.80. The Kier molecular flexibility index (Phi) is 5.80. The zero-order chi connectivity index (χ0) is 15.6. The van der Waals surface area contributed by atoms with Crippen LogP contribution in [0.15, 0.2) is 10.3 Å². The largest absolute Gasteiger partial charge is 0.490 e. The lowest BCUT2D eigenvalue weighted by molar-refractivity contribution is 0.424. The van der Waals surface area contributed by atoms with Crippen molar-refractivity contribution in [3.05, 3.63) is 10.9 Å². The number of hydrogen-bond acceptors (Lipinski definition) is 5. The molecule has 1 heterocycles. The lowest BCUT2D eigenvalue weighted by Crippen LogP contribution is -2.43. The minimum Gasteiger partial charge on any atom is -0.423 e. The Morgan fingerprint density at radius 3 is 2.40 bits per heavy atom. The van der Waals surface area contributed by atoms with Gasteiger partial charge >= 0.3 is 7.12 Å². The third-order valence-electron chi connectivity index (χ3n) is 2.52. The van der Waals surface area contributed by atoms with Crippen LogP contribution < -0.4 is 10.2 Å². The van der Waals surface area contributed by atoms with Crippen molar-refractivity contribution in [3.63, 3.8) is 0 Å². The number of aryl methyl sites for hydroxylation is 1. The van der Waals surface area contributed by atoms with Crippen LogP contribution in [0.1, 0.15) is 45.4 Å². The Labute approximate surface area is 125 Å². The Hall–Kier alpha value is -0.405. The predicted octanol–water partition coefficient (Wildman–Crippen LogP) is 0.847. The first kappa shape index (κ1) is 17.6. The highest BCUT2D eigenvalue weighted by Gasteiger charge is 2.30. The molecule has 0 radical (unpaired) electrons. The summed E-state index contributed by atoms with van der Waals surface area (Å²) in [6.45, 7) is 7.27. The van der Waals surface area contributed by atoms with E-state index in [0.29, 0.717) is 0 Å². The number of unbranched alkanes of at least 4 members (excludes halogenated alkanes) is 1. The van der Waals surface area contributed by atoms with Crippen molar-refractivity contribution < 1.29 is 18.5 Å². The average molecular weight is 319 g/mol. The number of sulfonamides is 1. The van der Waals surface area contributed by atoms with Crippen molar-refractivity contribution in [2.24, 2.45) is 0 Å². The highest BCUT2D eigenvalue weighted by atomic mass is 32.2. The molecule has 8 heteroatoms. The summed E-state index contributed by atoms with van der Waals surface area (Å²) in [5.74, 6) is 0. The molecule has 0 bridgehead atoms. The molecule has 1 aromatic heterocycles. The lowest BCUT2D eigenvalue weighted by Gasteiger charge is -2.20. The van der Waals surface area contributed by atoms with Gasteiger partial charge in [0.2, 0.25) is 10.0 Å². The molecule has 0 saturated heterocycles. The fourth-order valence-electron chi connectivity index (χ4n) is 1.75. The molecule has 114 valence electrons. The Morgan fingerprint density at radius 2 is 1.95 bits per heavy atom. The van der Waals surface area contributed by atoms with Crippen LogP contribution in [0.2, 0.25) is 0 Å². The molecule has 5 nitrogen and oxygen atoms in total. The number of thiophene rings is 1. The second-order valence-electron chi connectivity index (χ2n) is 5.79. The van der Waals surface area contributed by atoms with E-state index in [0.717, 1.165) is 35.5 Å². The topological polar surface area (TPSA) is 86.6 Å². The van der Waals surface area contributed by atoms with E-state index < -0.39 is 22.7 Å². The van der Waals surface area contributed by atoms with E-state index in [9.17, 15) is 18.5 Å². The minimum atomic E-state index is -3.75. The summed E-state index contributed by atoms with van der Waals surface area (Å²) in [5.41, 5.74) is -0.567. The van der Waals surface area contributed by atoms with Crippen molar-refractivity contribution in [2.75, 3.05) is 0 Å². The minimum absolute atomic E-state index is 0.00599. The van der Waals surface area contributed by atoms with Crippen molar-refractivity contribution in [1.82, 2.24) is 4.72 Å². The third-order valence-corrected chi connectivity index (χ3v) is 6.03. The first-order chi connectivity index (χ1) is 9.07. The van der Waals surface area contributed by atoms with Crippen LogP contribution in [0, 0.1) is 0 Å². The fraction of sp³-hybridized carbons (Fsp3) is 0.667.